The molecule has 0 aromatic carbocycles. The van der Waals surface area contributed by atoms with E-state index in [-0.39, 0.29) is 17.7 Å². The quantitative estimate of drug-likeness (QED) is 0.727. The summed E-state index contributed by atoms with van der Waals surface area (Å²) >= 11 is 1.28. The number of nitrogens with one attached hydrogen (secondary N) is 1. The summed E-state index contributed by atoms with van der Waals surface area (Å²) in [5, 5.41) is 2.86. The second kappa shape index (κ2) is 3.70. The third-order valence-electron chi connectivity index (χ3n) is 1.77. The molecule has 78 valence electrons. The minimum absolute atomic E-state index is 0.262. The molecule has 2 heterocycles. The molecule has 0 aliphatic heterocycles. The highest BCUT2D eigenvalue weighted by molar-refractivity contribution is 7.15. The van der Waals surface area contributed by atoms with Crippen LogP contribution in [0.4, 0.5) is 5.13 Å². The molecule has 3 N–H and O–H groups in total. The number of nitrogens with zero attached hydrogens (tertiary/aromatic N) is 2. The van der Waals surface area contributed by atoms with Crippen LogP contribution >= 0.6 is 11.3 Å². The van der Waals surface area contributed by atoms with Crippen LogP contribution in [0.2, 0.25) is 0 Å². The fourth-order valence-corrected chi connectivity index (χ4v) is 1.80. The molecule has 0 radical (unpaired) electrons. The first-order chi connectivity index (χ1) is 7.15. The van der Waals surface area contributed by atoms with Crippen molar-refractivity contribution in [2.45, 2.75) is 6.54 Å². The molecule has 0 unspecified atom stereocenters. The average molecular weight is 224 g/mol. The Balaban J connectivity index is 2.35. The number of anilines is 1. The molecule has 0 bridgehead atoms. The SMILES string of the molecule is Nc1ncc(Cn2[nH]c(=O)ccc2=O)s1. The minimum Gasteiger partial charge on any atom is -0.375 e. The van der Waals surface area contributed by atoms with Gasteiger partial charge in [-0.1, -0.05) is 0 Å². The second-order valence-corrected chi connectivity index (χ2v) is 4.05. The number of H-pyrrole nitrogens is 1. The highest BCUT2D eigenvalue weighted by Crippen LogP contribution is 2.14. The van der Waals surface area contributed by atoms with Gasteiger partial charge in [0.15, 0.2) is 5.13 Å². The third kappa shape index (κ3) is 2.13. The standard InChI is InChI=1S/C8H8N4O2S/c9-8-10-3-5(15-8)4-12-7(14)2-1-6(13)11-12/h1-3H,4H2,(H2,9,10)(H,11,13). The van der Waals surface area contributed by atoms with Crippen LogP contribution in [0, 0.1) is 0 Å². The molecule has 0 aliphatic rings. The van der Waals surface area contributed by atoms with Crippen molar-refractivity contribution in [1.29, 1.82) is 0 Å². The lowest BCUT2D eigenvalue weighted by Gasteiger charge is -2.00. The van der Waals surface area contributed by atoms with E-state index in [9.17, 15) is 9.59 Å². The Kier molecular flexibility index (Phi) is 2.38. The summed E-state index contributed by atoms with van der Waals surface area (Å²) in [6.45, 7) is 0.282. The van der Waals surface area contributed by atoms with Gasteiger partial charge in [-0.05, 0) is 0 Å². The van der Waals surface area contributed by atoms with Gasteiger partial charge in [0, 0.05) is 23.2 Å². The lowest BCUT2D eigenvalue weighted by Crippen LogP contribution is -2.28. The molecule has 15 heavy (non-hydrogen) atoms. The van der Waals surface area contributed by atoms with E-state index in [1.807, 2.05) is 0 Å². The van der Waals surface area contributed by atoms with Crippen LogP contribution in [-0.4, -0.2) is 14.8 Å². The summed E-state index contributed by atoms with van der Waals surface area (Å²) in [5.41, 5.74) is 4.87. The molecule has 2 rings (SSSR count). The van der Waals surface area contributed by atoms with Gasteiger partial charge < -0.3 is 5.73 Å². The topological polar surface area (TPSA) is 93.8 Å². The summed E-state index contributed by atoms with van der Waals surface area (Å²) in [6, 6.07) is 2.42. The van der Waals surface area contributed by atoms with E-state index in [1.165, 1.54) is 28.2 Å². The molecule has 0 saturated heterocycles. The van der Waals surface area contributed by atoms with Crippen LogP contribution < -0.4 is 16.9 Å². The summed E-state index contributed by atoms with van der Waals surface area (Å²) in [5.74, 6) is 0. The van der Waals surface area contributed by atoms with Gasteiger partial charge in [-0.25, -0.2) is 9.67 Å². The monoisotopic (exact) mass is 224 g/mol. The van der Waals surface area contributed by atoms with Gasteiger partial charge >= 0.3 is 0 Å². The van der Waals surface area contributed by atoms with Crippen molar-refractivity contribution in [2.75, 3.05) is 5.73 Å². The summed E-state index contributed by atoms with van der Waals surface area (Å²) in [7, 11) is 0. The number of nitrogen functional groups attached to an aromatic ring is 1. The number of aromatic nitrogens is 3. The van der Waals surface area contributed by atoms with E-state index in [1.54, 1.807) is 6.20 Å². The number of hydrogen-bond acceptors (Lipinski definition) is 5. The van der Waals surface area contributed by atoms with Crippen LogP contribution in [0.5, 0.6) is 0 Å². The average Bonchev–Trinajstić information content (AvgIpc) is 2.58. The predicted molar refractivity (Wildman–Crippen MR) is 57.0 cm³/mol. The van der Waals surface area contributed by atoms with Crippen LogP contribution in [0.3, 0.4) is 0 Å². The molecule has 0 aliphatic carbocycles. The smallest absolute Gasteiger partial charge is 0.265 e. The number of rotatable bonds is 2. The van der Waals surface area contributed by atoms with Gasteiger partial charge in [-0.2, -0.15) is 0 Å². The Morgan fingerprint density at radius 2 is 2.27 bits per heavy atom. The van der Waals surface area contributed by atoms with Gasteiger partial charge in [-0.15, -0.1) is 11.3 Å². The summed E-state index contributed by atoms with van der Waals surface area (Å²) < 4.78 is 1.22. The van der Waals surface area contributed by atoms with E-state index in [2.05, 4.69) is 10.1 Å². The maximum Gasteiger partial charge on any atom is 0.265 e. The first-order valence-electron chi connectivity index (χ1n) is 4.15. The molecule has 0 fully saturated rings. The van der Waals surface area contributed by atoms with Crippen LogP contribution in [0.1, 0.15) is 4.88 Å². The van der Waals surface area contributed by atoms with Crippen molar-refractivity contribution in [3.8, 4) is 0 Å². The summed E-state index contributed by atoms with van der Waals surface area (Å²) in [6.07, 6.45) is 1.58. The predicted octanol–water partition coefficient (Wildman–Crippen LogP) is -0.376. The maximum absolute atomic E-state index is 11.3. The van der Waals surface area contributed by atoms with E-state index in [4.69, 9.17) is 5.73 Å². The highest BCUT2D eigenvalue weighted by atomic mass is 32.1. The molecular formula is C8H8N4O2S. The van der Waals surface area contributed by atoms with Crippen LogP contribution in [0.15, 0.2) is 27.9 Å². The van der Waals surface area contributed by atoms with E-state index in [0.717, 1.165) is 4.88 Å². The largest absolute Gasteiger partial charge is 0.375 e. The number of nitrogens with two attached hydrogens (primary N) is 1. The van der Waals surface area contributed by atoms with Crippen molar-refractivity contribution in [3.05, 3.63) is 43.9 Å². The molecule has 0 amide bonds. The fraction of sp³-hybridized carbons (Fsp3) is 0.125. The van der Waals surface area contributed by atoms with Gasteiger partial charge in [0.05, 0.1) is 6.54 Å². The lowest BCUT2D eigenvalue weighted by atomic mass is 10.5. The lowest BCUT2D eigenvalue weighted by molar-refractivity contribution is 0.633. The van der Waals surface area contributed by atoms with Crippen molar-refractivity contribution < 1.29 is 0 Å². The van der Waals surface area contributed by atoms with Crippen LogP contribution in [0.25, 0.3) is 0 Å². The zero-order valence-electron chi connectivity index (χ0n) is 7.64. The van der Waals surface area contributed by atoms with Crippen molar-refractivity contribution in [3.63, 3.8) is 0 Å². The first kappa shape index (κ1) is 9.66. The molecule has 7 heteroatoms. The minimum atomic E-state index is -0.313. The molecular weight excluding hydrogens is 216 g/mol. The van der Waals surface area contributed by atoms with Gasteiger partial charge in [0.1, 0.15) is 0 Å². The Bertz CT molecular complexity index is 583. The van der Waals surface area contributed by atoms with Gasteiger partial charge in [-0.3, -0.25) is 14.7 Å². The molecule has 0 saturated carbocycles. The molecule has 0 atom stereocenters. The van der Waals surface area contributed by atoms with E-state index >= 15 is 0 Å². The molecule has 2 aromatic heterocycles. The molecule has 0 spiro atoms. The van der Waals surface area contributed by atoms with E-state index < -0.39 is 0 Å². The van der Waals surface area contributed by atoms with Crippen molar-refractivity contribution in [1.82, 2.24) is 14.8 Å². The summed E-state index contributed by atoms with van der Waals surface area (Å²) in [4.78, 5) is 27.0. The normalized spacial score (nSPS) is 10.4. The van der Waals surface area contributed by atoms with Gasteiger partial charge in [0.2, 0.25) is 0 Å². The zero-order valence-corrected chi connectivity index (χ0v) is 8.45. The fourth-order valence-electron chi connectivity index (χ4n) is 1.13. The Labute approximate surface area is 88.0 Å². The zero-order chi connectivity index (χ0) is 10.8. The van der Waals surface area contributed by atoms with Crippen molar-refractivity contribution >= 4 is 16.5 Å². The number of thiazole rings is 1. The van der Waals surface area contributed by atoms with Crippen LogP contribution in [-0.2, 0) is 6.54 Å². The molecule has 2 aromatic rings. The van der Waals surface area contributed by atoms with Gasteiger partial charge in [0.25, 0.3) is 11.1 Å². The Morgan fingerprint density at radius 3 is 2.93 bits per heavy atom. The highest BCUT2D eigenvalue weighted by Gasteiger charge is 2.01. The third-order valence-corrected chi connectivity index (χ3v) is 2.59. The number of hydrogen-bond donors (Lipinski definition) is 2. The van der Waals surface area contributed by atoms with Crippen molar-refractivity contribution in [2.24, 2.45) is 0 Å². The first-order valence-corrected chi connectivity index (χ1v) is 4.97. The number of aromatic amines is 1. The Hall–Kier alpha value is -1.89. The Morgan fingerprint density at radius 1 is 1.47 bits per heavy atom. The second-order valence-electron chi connectivity index (χ2n) is 2.90. The maximum atomic E-state index is 11.3. The molecule has 6 nitrogen and oxygen atoms in total. The van der Waals surface area contributed by atoms with E-state index in [0.29, 0.717) is 5.13 Å².